The number of phenols is 1. The van der Waals surface area contributed by atoms with Crippen LogP contribution in [0.5, 0.6) is 5.75 Å². The van der Waals surface area contributed by atoms with E-state index in [0.717, 1.165) is 5.56 Å². The summed E-state index contributed by atoms with van der Waals surface area (Å²) in [5, 5.41) is 11.9. The van der Waals surface area contributed by atoms with Crippen LogP contribution in [0.15, 0.2) is 48.8 Å². The molecule has 0 aliphatic heterocycles. The SMILES string of the molecule is COC(=O)C(Cc1ccc(O)cc1)NC(=O)c1ccncc1. The first kappa shape index (κ1) is 15.5. The number of rotatable bonds is 5. The average Bonchev–Trinajstić information content (AvgIpc) is 2.56. The Hall–Kier alpha value is -2.89. The van der Waals surface area contributed by atoms with Gasteiger partial charge in [-0.05, 0) is 29.8 Å². The molecule has 0 fully saturated rings. The summed E-state index contributed by atoms with van der Waals surface area (Å²) in [5.41, 5.74) is 1.21. The van der Waals surface area contributed by atoms with Crippen LogP contribution in [0.1, 0.15) is 15.9 Å². The molecule has 1 heterocycles. The van der Waals surface area contributed by atoms with Gasteiger partial charge in [-0.2, -0.15) is 0 Å². The lowest BCUT2D eigenvalue weighted by atomic mass is 10.1. The van der Waals surface area contributed by atoms with Gasteiger partial charge >= 0.3 is 5.97 Å². The third-order valence-electron chi connectivity index (χ3n) is 3.11. The van der Waals surface area contributed by atoms with E-state index in [0.29, 0.717) is 5.56 Å². The number of methoxy groups -OCH3 is 1. The van der Waals surface area contributed by atoms with Gasteiger partial charge in [0.25, 0.3) is 5.91 Å². The first-order valence-electron chi connectivity index (χ1n) is 6.67. The van der Waals surface area contributed by atoms with Crippen molar-refractivity contribution in [1.82, 2.24) is 10.3 Å². The van der Waals surface area contributed by atoms with E-state index in [9.17, 15) is 14.7 Å². The van der Waals surface area contributed by atoms with Crippen LogP contribution in [0.25, 0.3) is 0 Å². The largest absolute Gasteiger partial charge is 0.508 e. The fraction of sp³-hybridized carbons (Fsp3) is 0.188. The lowest BCUT2D eigenvalue weighted by Gasteiger charge is -2.16. The molecule has 1 amide bonds. The number of benzene rings is 1. The smallest absolute Gasteiger partial charge is 0.328 e. The Morgan fingerprint density at radius 3 is 2.41 bits per heavy atom. The number of ether oxygens (including phenoxy) is 1. The molecule has 0 radical (unpaired) electrons. The van der Waals surface area contributed by atoms with Crippen LogP contribution < -0.4 is 5.32 Å². The number of nitrogens with one attached hydrogen (secondary N) is 1. The monoisotopic (exact) mass is 300 g/mol. The number of esters is 1. The van der Waals surface area contributed by atoms with Crippen molar-refractivity contribution in [3.05, 3.63) is 59.9 Å². The summed E-state index contributed by atoms with van der Waals surface area (Å²) < 4.78 is 4.73. The van der Waals surface area contributed by atoms with Crippen LogP contribution in [0.4, 0.5) is 0 Å². The van der Waals surface area contributed by atoms with E-state index < -0.39 is 12.0 Å². The van der Waals surface area contributed by atoms with Crippen LogP contribution in [0, 0.1) is 0 Å². The van der Waals surface area contributed by atoms with Crippen LogP contribution in [0.3, 0.4) is 0 Å². The normalized spacial score (nSPS) is 11.5. The lowest BCUT2D eigenvalue weighted by molar-refractivity contribution is -0.142. The molecule has 0 spiro atoms. The zero-order valence-electron chi connectivity index (χ0n) is 12.0. The molecule has 0 aliphatic carbocycles. The maximum atomic E-state index is 12.1. The Kier molecular flexibility index (Phi) is 5.08. The number of nitrogens with zero attached hydrogens (tertiary/aromatic N) is 1. The highest BCUT2D eigenvalue weighted by atomic mass is 16.5. The molecule has 6 nitrogen and oxygen atoms in total. The first-order valence-corrected chi connectivity index (χ1v) is 6.67. The molecule has 1 atom stereocenters. The lowest BCUT2D eigenvalue weighted by Crippen LogP contribution is -2.43. The van der Waals surface area contributed by atoms with Crippen LogP contribution >= 0.6 is 0 Å². The van der Waals surface area contributed by atoms with E-state index >= 15 is 0 Å². The topological polar surface area (TPSA) is 88.5 Å². The number of hydrogen-bond donors (Lipinski definition) is 2. The molecular weight excluding hydrogens is 284 g/mol. The van der Waals surface area contributed by atoms with E-state index in [1.165, 1.54) is 31.6 Å². The standard InChI is InChI=1S/C16H16N2O4/c1-22-16(21)14(10-11-2-4-13(19)5-3-11)18-15(20)12-6-8-17-9-7-12/h2-9,14,19H,10H2,1H3,(H,18,20). The summed E-state index contributed by atoms with van der Waals surface area (Å²) in [7, 11) is 1.27. The Labute approximate surface area is 127 Å². The molecule has 0 saturated carbocycles. The Morgan fingerprint density at radius 1 is 1.18 bits per heavy atom. The Balaban J connectivity index is 2.11. The van der Waals surface area contributed by atoms with Crippen molar-refractivity contribution in [2.75, 3.05) is 7.11 Å². The van der Waals surface area contributed by atoms with Gasteiger partial charge in [-0.1, -0.05) is 12.1 Å². The third kappa shape index (κ3) is 4.05. The van der Waals surface area contributed by atoms with Crippen molar-refractivity contribution >= 4 is 11.9 Å². The van der Waals surface area contributed by atoms with E-state index in [1.807, 2.05) is 0 Å². The van der Waals surface area contributed by atoms with Gasteiger partial charge in [-0.25, -0.2) is 4.79 Å². The van der Waals surface area contributed by atoms with Crippen LogP contribution in [-0.4, -0.2) is 35.1 Å². The molecule has 1 unspecified atom stereocenters. The van der Waals surface area contributed by atoms with Gasteiger partial charge in [0, 0.05) is 24.4 Å². The van der Waals surface area contributed by atoms with Gasteiger partial charge in [0.15, 0.2) is 0 Å². The Bertz CT molecular complexity index is 641. The van der Waals surface area contributed by atoms with Gasteiger partial charge < -0.3 is 15.2 Å². The second kappa shape index (κ2) is 7.21. The molecule has 2 aromatic rings. The Morgan fingerprint density at radius 2 is 1.82 bits per heavy atom. The van der Waals surface area contributed by atoms with Gasteiger partial charge in [0.05, 0.1) is 7.11 Å². The number of phenolic OH excluding ortho intramolecular Hbond substituents is 1. The molecule has 2 rings (SSSR count). The predicted molar refractivity (Wildman–Crippen MR) is 79.3 cm³/mol. The van der Waals surface area contributed by atoms with Crippen molar-refractivity contribution < 1.29 is 19.4 Å². The number of pyridine rings is 1. The summed E-state index contributed by atoms with van der Waals surface area (Å²) in [4.78, 5) is 27.8. The van der Waals surface area contributed by atoms with Crippen molar-refractivity contribution in [2.45, 2.75) is 12.5 Å². The molecule has 1 aromatic heterocycles. The quantitative estimate of drug-likeness (QED) is 0.813. The van der Waals surface area contributed by atoms with E-state index in [4.69, 9.17) is 4.74 Å². The number of amides is 1. The molecule has 0 aliphatic rings. The summed E-state index contributed by atoms with van der Waals surface area (Å²) >= 11 is 0. The minimum atomic E-state index is -0.810. The van der Waals surface area contributed by atoms with Crippen molar-refractivity contribution in [2.24, 2.45) is 0 Å². The molecular formula is C16H16N2O4. The highest BCUT2D eigenvalue weighted by Crippen LogP contribution is 2.12. The third-order valence-corrected chi connectivity index (χ3v) is 3.11. The molecule has 0 bridgehead atoms. The van der Waals surface area contributed by atoms with E-state index in [1.54, 1.807) is 24.3 Å². The molecule has 6 heteroatoms. The first-order chi connectivity index (χ1) is 10.6. The summed E-state index contributed by atoms with van der Waals surface area (Å²) in [6, 6.07) is 8.72. The highest BCUT2D eigenvalue weighted by molar-refractivity contribution is 5.96. The van der Waals surface area contributed by atoms with Crippen LogP contribution in [0.2, 0.25) is 0 Å². The number of hydrogen-bond acceptors (Lipinski definition) is 5. The fourth-order valence-corrected chi connectivity index (χ4v) is 1.95. The maximum Gasteiger partial charge on any atom is 0.328 e. The minimum absolute atomic E-state index is 0.138. The highest BCUT2D eigenvalue weighted by Gasteiger charge is 2.22. The van der Waals surface area contributed by atoms with Crippen molar-refractivity contribution in [1.29, 1.82) is 0 Å². The van der Waals surface area contributed by atoms with Gasteiger partial charge in [-0.15, -0.1) is 0 Å². The van der Waals surface area contributed by atoms with Gasteiger partial charge in [-0.3, -0.25) is 9.78 Å². The molecule has 22 heavy (non-hydrogen) atoms. The maximum absolute atomic E-state index is 12.1. The number of carbonyl (C=O) groups is 2. The average molecular weight is 300 g/mol. The van der Waals surface area contributed by atoms with E-state index in [2.05, 4.69) is 10.3 Å². The van der Waals surface area contributed by atoms with Gasteiger partial charge in [0.2, 0.25) is 0 Å². The van der Waals surface area contributed by atoms with E-state index in [-0.39, 0.29) is 18.1 Å². The summed E-state index contributed by atoms with van der Waals surface area (Å²) in [6.07, 6.45) is 3.27. The number of carbonyl (C=O) groups excluding carboxylic acids is 2. The zero-order valence-corrected chi connectivity index (χ0v) is 12.0. The van der Waals surface area contributed by atoms with Crippen molar-refractivity contribution in [3.63, 3.8) is 0 Å². The second-order valence-corrected chi connectivity index (χ2v) is 4.66. The predicted octanol–water partition coefficient (Wildman–Crippen LogP) is 1.30. The molecule has 1 aromatic carbocycles. The second-order valence-electron chi connectivity index (χ2n) is 4.66. The fourth-order valence-electron chi connectivity index (χ4n) is 1.95. The van der Waals surface area contributed by atoms with Crippen LogP contribution in [-0.2, 0) is 16.0 Å². The molecule has 2 N–H and O–H groups in total. The minimum Gasteiger partial charge on any atom is -0.508 e. The van der Waals surface area contributed by atoms with Gasteiger partial charge in [0.1, 0.15) is 11.8 Å². The number of aromatic hydroxyl groups is 1. The molecule has 0 saturated heterocycles. The summed E-state index contributed by atoms with van der Waals surface area (Å²) in [6.45, 7) is 0. The van der Waals surface area contributed by atoms with Crippen molar-refractivity contribution in [3.8, 4) is 5.75 Å². The molecule has 114 valence electrons. The summed E-state index contributed by atoms with van der Waals surface area (Å²) in [5.74, 6) is -0.772. The number of aromatic nitrogens is 1. The zero-order chi connectivity index (χ0) is 15.9.